The Balaban J connectivity index is 1.17. The van der Waals surface area contributed by atoms with Crippen molar-refractivity contribution >= 4 is 101 Å². The predicted molar refractivity (Wildman–Crippen MR) is 351 cm³/mol. The first-order valence-electron chi connectivity index (χ1n) is 29.4. The van der Waals surface area contributed by atoms with Crippen molar-refractivity contribution in [1.82, 2.24) is 4.57 Å². The Hall–Kier alpha value is -7.76. The van der Waals surface area contributed by atoms with Gasteiger partial charge < -0.3 is 18.8 Å². The number of rotatable bonds is 4. The van der Waals surface area contributed by atoms with E-state index in [4.69, 9.17) is 4.42 Å². The highest BCUT2D eigenvalue weighted by atomic mass is 16.3. The van der Waals surface area contributed by atoms with E-state index in [0.717, 1.165) is 21.9 Å². The molecule has 0 aliphatic carbocycles. The van der Waals surface area contributed by atoms with Gasteiger partial charge in [-0.05, 0) is 207 Å². The van der Waals surface area contributed by atoms with Crippen LogP contribution in [0.1, 0.15) is 139 Å². The van der Waals surface area contributed by atoms with Crippen LogP contribution in [0.15, 0.2) is 150 Å². The SMILES string of the molecule is Cc1cc(-c2cccc3oc4ccccc4c23)cc(C)c1N1c2cc(C(C)(C)C)ccc2B2c3cc4c5cc(C(C)(C)C)ccc5n(-c5c(C)cccc5C)c4cc3N(c3c(C)cc(C(C)(C)C)cc3C)c3cc(C(C)(C)C)cc1c32. The van der Waals surface area contributed by atoms with E-state index in [1.54, 1.807) is 0 Å². The van der Waals surface area contributed by atoms with Gasteiger partial charge in [0.1, 0.15) is 11.2 Å². The maximum absolute atomic E-state index is 6.47. The Kier molecular flexibility index (Phi) is 11.6. The van der Waals surface area contributed by atoms with Crippen molar-refractivity contribution in [1.29, 1.82) is 0 Å². The van der Waals surface area contributed by atoms with E-state index >= 15 is 0 Å². The number of aryl methyl sites for hydroxylation is 6. The Bertz CT molecular complexity index is 4410. The molecule has 0 saturated carbocycles. The molecule has 11 aromatic rings. The minimum Gasteiger partial charge on any atom is -0.456 e. The van der Waals surface area contributed by atoms with Crippen molar-refractivity contribution in [3.8, 4) is 16.8 Å². The standard InChI is InChI=1S/C76H78BN3O/c1-43-23-21-24-44(2)70(43)78-60-32-30-50(73(7,8)9)37-56(60)57-41-59-63(42-61(57)78)80(72-47(5)35-52(36-48(72)6)75(13,14)15)65-40-53(76(16,17)18)39-64-69(65)77(59)58-31-29-51(74(10,11)12)38-62(58)79(64)71-45(3)33-49(34-46(71)4)54-26-22-28-67-68(54)55-25-19-20-27-66(55)81-67/h19-42H,1-18H3. The summed E-state index contributed by atoms with van der Waals surface area (Å²) in [7, 11) is 0. The first kappa shape index (κ1) is 52.6. The summed E-state index contributed by atoms with van der Waals surface area (Å²) in [5.74, 6) is 0. The number of fused-ring (bicyclic) bond motifs is 10. The first-order valence-corrected chi connectivity index (χ1v) is 29.4. The van der Waals surface area contributed by atoms with Gasteiger partial charge in [0.2, 0.25) is 0 Å². The highest BCUT2D eigenvalue weighted by Crippen LogP contribution is 2.52. The molecule has 0 bridgehead atoms. The van der Waals surface area contributed by atoms with E-state index in [1.807, 2.05) is 0 Å². The van der Waals surface area contributed by atoms with Gasteiger partial charge in [0.15, 0.2) is 0 Å². The Morgan fingerprint density at radius 1 is 0.358 bits per heavy atom. The van der Waals surface area contributed by atoms with Crippen LogP contribution in [-0.2, 0) is 21.7 Å². The zero-order valence-electron chi connectivity index (χ0n) is 51.2. The van der Waals surface area contributed by atoms with Gasteiger partial charge in [0, 0.05) is 44.3 Å². The summed E-state index contributed by atoms with van der Waals surface area (Å²) < 4.78 is 9.06. The molecule has 0 amide bonds. The van der Waals surface area contributed by atoms with Crippen LogP contribution in [0, 0.1) is 41.5 Å². The predicted octanol–water partition coefficient (Wildman–Crippen LogP) is 19.5. The van der Waals surface area contributed by atoms with Crippen LogP contribution in [-0.4, -0.2) is 11.3 Å². The highest BCUT2D eigenvalue weighted by Gasteiger charge is 2.46. The first-order chi connectivity index (χ1) is 38.2. The quantitative estimate of drug-likeness (QED) is 0.164. The summed E-state index contributed by atoms with van der Waals surface area (Å²) in [5.41, 5.74) is 31.8. The Labute approximate surface area is 481 Å². The zero-order chi connectivity index (χ0) is 57.3. The molecular weight excluding hydrogens is 982 g/mol. The van der Waals surface area contributed by atoms with Gasteiger partial charge in [0.05, 0.1) is 28.1 Å². The molecule has 0 unspecified atom stereocenters. The molecule has 0 fully saturated rings. The third-order valence-corrected chi connectivity index (χ3v) is 18.2. The second-order valence-electron chi connectivity index (χ2n) is 28.2. The molecule has 5 heteroatoms. The summed E-state index contributed by atoms with van der Waals surface area (Å²) >= 11 is 0. The fourth-order valence-electron chi connectivity index (χ4n) is 14.0. The lowest BCUT2D eigenvalue weighted by atomic mass is 9.33. The van der Waals surface area contributed by atoms with E-state index in [0.29, 0.717) is 0 Å². The van der Waals surface area contributed by atoms with Crippen LogP contribution in [0.25, 0.3) is 60.6 Å². The smallest absolute Gasteiger partial charge is 0.252 e. The number of hydrogen-bond acceptors (Lipinski definition) is 3. The summed E-state index contributed by atoms with van der Waals surface area (Å²) in [6.45, 7) is 42.1. The molecule has 81 heavy (non-hydrogen) atoms. The van der Waals surface area contributed by atoms with Gasteiger partial charge in [-0.15, -0.1) is 0 Å². The molecule has 9 aromatic carbocycles. The molecule has 2 aliphatic heterocycles. The lowest BCUT2D eigenvalue weighted by molar-refractivity contribution is 0.589. The number of para-hydroxylation sites is 2. The Morgan fingerprint density at radius 3 is 1.46 bits per heavy atom. The van der Waals surface area contributed by atoms with Crippen LogP contribution in [0.3, 0.4) is 0 Å². The number of hydrogen-bond donors (Lipinski definition) is 0. The second kappa shape index (κ2) is 17.9. The topological polar surface area (TPSA) is 24.6 Å². The Morgan fingerprint density at radius 2 is 0.852 bits per heavy atom. The van der Waals surface area contributed by atoms with Crippen molar-refractivity contribution in [2.45, 2.75) is 146 Å². The highest BCUT2D eigenvalue weighted by molar-refractivity contribution is 7.00. The fourth-order valence-corrected chi connectivity index (χ4v) is 14.0. The molecule has 4 heterocycles. The largest absolute Gasteiger partial charge is 0.456 e. The number of benzene rings is 9. The minimum atomic E-state index is -0.185. The molecule has 4 nitrogen and oxygen atoms in total. The molecule has 406 valence electrons. The van der Waals surface area contributed by atoms with Crippen molar-refractivity contribution in [3.05, 3.63) is 201 Å². The van der Waals surface area contributed by atoms with Gasteiger partial charge in [-0.2, -0.15) is 0 Å². The molecular formula is C76H78BN3O. The molecule has 0 saturated heterocycles. The van der Waals surface area contributed by atoms with Crippen molar-refractivity contribution in [3.63, 3.8) is 0 Å². The zero-order valence-corrected chi connectivity index (χ0v) is 51.2. The average Bonchev–Trinajstić information content (AvgIpc) is 2.03. The monoisotopic (exact) mass is 1060 g/mol. The van der Waals surface area contributed by atoms with E-state index in [2.05, 4.69) is 285 Å². The summed E-state index contributed by atoms with van der Waals surface area (Å²) in [5, 5.41) is 4.87. The number of anilines is 6. The van der Waals surface area contributed by atoms with Crippen LogP contribution in [0.2, 0.25) is 0 Å². The molecule has 2 aromatic heterocycles. The fraction of sp³-hybridized carbons (Fsp3) is 0.289. The summed E-state index contributed by atoms with van der Waals surface area (Å²) in [6.07, 6.45) is 0. The van der Waals surface area contributed by atoms with Gasteiger partial charge >= 0.3 is 0 Å². The molecule has 0 atom stereocenters. The molecule has 0 N–H and O–H groups in total. The van der Waals surface area contributed by atoms with E-state index in [1.165, 1.54) is 145 Å². The maximum atomic E-state index is 6.47. The van der Waals surface area contributed by atoms with E-state index in [-0.39, 0.29) is 28.4 Å². The third kappa shape index (κ3) is 8.14. The summed E-state index contributed by atoms with van der Waals surface area (Å²) in [6, 6.07) is 56.6. The molecule has 0 radical (unpaired) electrons. The number of nitrogens with zero attached hydrogens (tertiary/aromatic N) is 3. The molecule has 13 rings (SSSR count). The van der Waals surface area contributed by atoms with Crippen LogP contribution in [0.5, 0.6) is 0 Å². The van der Waals surface area contributed by atoms with Gasteiger partial charge in [0.25, 0.3) is 6.71 Å². The van der Waals surface area contributed by atoms with Gasteiger partial charge in [-0.25, -0.2) is 0 Å². The normalized spacial score (nSPS) is 13.7. The van der Waals surface area contributed by atoms with Gasteiger partial charge in [-0.1, -0.05) is 168 Å². The van der Waals surface area contributed by atoms with Crippen molar-refractivity contribution in [2.75, 3.05) is 9.80 Å². The van der Waals surface area contributed by atoms with E-state index in [9.17, 15) is 0 Å². The van der Waals surface area contributed by atoms with Gasteiger partial charge in [-0.3, -0.25) is 0 Å². The maximum Gasteiger partial charge on any atom is 0.252 e. The van der Waals surface area contributed by atoms with Crippen LogP contribution >= 0.6 is 0 Å². The summed E-state index contributed by atoms with van der Waals surface area (Å²) in [4.78, 5) is 5.39. The average molecular weight is 1060 g/mol. The number of aromatic nitrogens is 1. The van der Waals surface area contributed by atoms with E-state index < -0.39 is 0 Å². The third-order valence-electron chi connectivity index (χ3n) is 18.2. The lowest BCUT2D eigenvalue weighted by Crippen LogP contribution is -2.61. The van der Waals surface area contributed by atoms with Crippen LogP contribution in [0.4, 0.5) is 34.1 Å². The van der Waals surface area contributed by atoms with Crippen molar-refractivity contribution < 1.29 is 4.42 Å². The minimum absolute atomic E-state index is 0.0190. The van der Waals surface area contributed by atoms with Crippen LogP contribution < -0.4 is 26.2 Å². The van der Waals surface area contributed by atoms with Crippen molar-refractivity contribution in [2.24, 2.45) is 0 Å². The second-order valence-corrected chi connectivity index (χ2v) is 28.2. The lowest BCUT2D eigenvalue weighted by Gasteiger charge is -2.46. The molecule has 2 aliphatic rings. The molecule has 0 spiro atoms. The number of furan rings is 1.